The van der Waals surface area contributed by atoms with E-state index in [1.807, 2.05) is 4.49 Å². The van der Waals surface area contributed by atoms with Crippen molar-refractivity contribution >= 4 is 17.8 Å². The number of sulfonamides is 1. The van der Waals surface area contributed by atoms with E-state index in [9.17, 15) is 13.0 Å². The van der Waals surface area contributed by atoms with Crippen LogP contribution >= 0.6 is 7.75 Å². The Kier molecular flexibility index (Phi) is 5.49. The lowest BCUT2D eigenvalue weighted by molar-refractivity contribution is 0.217. The van der Waals surface area contributed by atoms with Crippen molar-refractivity contribution in [2.75, 3.05) is 13.2 Å². The van der Waals surface area contributed by atoms with Crippen LogP contribution in [0.4, 0.5) is 0 Å². The highest BCUT2D eigenvalue weighted by atomic mass is 32.2. The summed E-state index contributed by atoms with van der Waals surface area (Å²) in [5, 5.41) is 0. The number of nitrogens with one attached hydrogen (secondary N) is 1. The highest BCUT2D eigenvalue weighted by Crippen LogP contribution is 2.44. The molecule has 1 rings (SSSR count). The van der Waals surface area contributed by atoms with Crippen LogP contribution < -0.4 is 4.49 Å². The lowest BCUT2D eigenvalue weighted by Crippen LogP contribution is -2.23. The molecule has 0 unspecified atom stereocenters. The third-order valence-electron chi connectivity index (χ3n) is 1.88. The van der Waals surface area contributed by atoms with Gasteiger partial charge in [-0.15, -0.1) is 4.49 Å². The topological polar surface area (TPSA) is 81.7 Å². The van der Waals surface area contributed by atoms with Gasteiger partial charge in [-0.25, -0.2) is 13.0 Å². The molecule has 0 aliphatic heterocycles. The first kappa shape index (κ1) is 15.3. The average molecular weight is 293 g/mol. The number of hydrogen-bond acceptors (Lipinski definition) is 5. The van der Waals surface area contributed by atoms with Crippen LogP contribution in [0.25, 0.3) is 0 Å². The molecular formula is C10H16NO5PS. The number of benzene rings is 1. The van der Waals surface area contributed by atoms with Crippen molar-refractivity contribution < 1.29 is 22.0 Å². The largest absolute Gasteiger partial charge is 0.419 e. The van der Waals surface area contributed by atoms with Crippen LogP contribution in [0, 0.1) is 0 Å². The van der Waals surface area contributed by atoms with E-state index in [0.29, 0.717) is 0 Å². The third kappa shape index (κ3) is 4.19. The highest BCUT2D eigenvalue weighted by Gasteiger charge is 2.31. The van der Waals surface area contributed by atoms with Crippen molar-refractivity contribution in [3.05, 3.63) is 30.3 Å². The third-order valence-corrected chi connectivity index (χ3v) is 5.83. The maximum atomic E-state index is 12.1. The van der Waals surface area contributed by atoms with Gasteiger partial charge < -0.3 is 0 Å². The first-order valence-electron chi connectivity index (χ1n) is 5.42. The number of rotatable bonds is 7. The summed E-state index contributed by atoms with van der Waals surface area (Å²) >= 11 is 0. The Hall–Kier alpha value is -0.720. The molecule has 102 valence electrons. The van der Waals surface area contributed by atoms with Crippen LogP contribution in [0.15, 0.2) is 35.2 Å². The molecule has 6 nitrogen and oxygen atoms in total. The minimum absolute atomic E-state index is 0.00429. The molecule has 0 amide bonds. The Bertz CT molecular complexity index is 506. The van der Waals surface area contributed by atoms with E-state index in [2.05, 4.69) is 0 Å². The van der Waals surface area contributed by atoms with E-state index in [0.717, 1.165) is 0 Å². The monoisotopic (exact) mass is 293 g/mol. The van der Waals surface area contributed by atoms with E-state index in [1.54, 1.807) is 32.0 Å². The van der Waals surface area contributed by atoms with Gasteiger partial charge in [0.2, 0.25) is 10.0 Å². The highest BCUT2D eigenvalue weighted by molar-refractivity contribution is 7.94. The molecule has 8 heteroatoms. The lowest BCUT2D eigenvalue weighted by Gasteiger charge is -2.17. The molecule has 0 atom stereocenters. The van der Waals surface area contributed by atoms with Gasteiger partial charge in [-0.2, -0.15) is 0 Å². The Labute approximate surface area is 107 Å². The van der Waals surface area contributed by atoms with Crippen LogP contribution in [0.1, 0.15) is 13.8 Å². The zero-order chi connectivity index (χ0) is 13.6. The molecule has 0 saturated carbocycles. The Morgan fingerprint density at radius 2 is 1.61 bits per heavy atom. The Morgan fingerprint density at radius 1 is 1.11 bits per heavy atom. The first-order valence-corrected chi connectivity index (χ1v) is 8.44. The zero-order valence-electron chi connectivity index (χ0n) is 10.2. The van der Waals surface area contributed by atoms with Gasteiger partial charge in [-0.05, 0) is 26.0 Å². The summed E-state index contributed by atoms with van der Waals surface area (Å²) in [5.41, 5.74) is 0. The van der Waals surface area contributed by atoms with E-state index in [4.69, 9.17) is 9.05 Å². The molecular weight excluding hydrogens is 277 g/mol. The van der Waals surface area contributed by atoms with Gasteiger partial charge in [0.1, 0.15) is 0 Å². The molecule has 1 aromatic carbocycles. The van der Waals surface area contributed by atoms with Crippen molar-refractivity contribution in [2.45, 2.75) is 18.7 Å². The normalized spacial score (nSPS) is 12.6. The van der Waals surface area contributed by atoms with Crippen molar-refractivity contribution in [1.82, 2.24) is 4.49 Å². The van der Waals surface area contributed by atoms with Crippen molar-refractivity contribution in [3.8, 4) is 0 Å². The maximum absolute atomic E-state index is 12.1. The second-order valence-corrected chi connectivity index (χ2v) is 6.96. The molecule has 0 aromatic heterocycles. The molecule has 0 aliphatic carbocycles. The summed E-state index contributed by atoms with van der Waals surface area (Å²) in [5.74, 6) is 0. The molecule has 0 spiro atoms. The van der Waals surface area contributed by atoms with Gasteiger partial charge in [0.05, 0.1) is 18.1 Å². The van der Waals surface area contributed by atoms with Crippen LogP contribution in [-0.2, 0) is 23.6 Å². The summed E-state index contributed by atoms with van der Waals surface area (Å²) in [4.78, 5) is 0.00429. The molecule has 0 saturated heterocycles. The van der Waals surface area contributed by atoms with Gasteiger partial charge in [0.25, 0.3) is 0 Å². The van der Waals surface area contributed by atoms with Gasteiger partial charge >= 0.3 is 7.75 Å². The SMILES string of the molecule is CCOP(=O)(NS(=O)(=O)c1ccccc1)OCC. The first-order chi connectivity index (χ1) is 8.43. The van der Waals surface area contributed by atoms with Crippen LogP contribution in [-0.4, -0.2) is 21.6 Å². The standard InChI is InChI=1S/C10H16NO5PS/c1-3-15-17(12,16-4-2)11-18(13,14)10-8-6-5-7-9-10/h5-9H,3-4H2,1-2H3,(H,11,12). The molecule has 1 N–H and O–H groups in total. The average Bonchev–Trinajstić information content (AvgIpc) is 2.29. The van der Waals surface area contributed by atoms with E-state index in [-0.39, 0.29) is 18.1 Å². The van der Waals surface area contributed by atoms with Gasteiger partial charge in [0.15, 0.2) is 0 Å². The van der Waals surface area contributed by atoms with Gasteiger partial charge in [-0.1, -0.05) is 18.2 Å². The molecule has 0 aliphatic rings. The van der Waals surface area contributed by atoms with Crippen molar-refractivity contribution in [1.29, 1.82) is 0 Å². The Balaban J connectivity index is 2.97. The minimum Gasteiger partial charge on any atom is -0.296 e. The summed E-state index contributed by atoms with van der Waals surface area (Å²) in [6.45, 7) is 3.36. The molecule has 0 fully saturated rings. The molecule has 0 bridgehead atoms. The Morgan fingerprint density at radius 3 is 2.06 bits per heavy atom. The molecule has 1 aromatic rings. The summed E-state index contributed by atoms with van der Waals surface area (Å²) < 4.78 is 47.7. The van der Waals surface area contributed by atoms with E-state index in [1.165, 1.54) is 12.1 Å². The van der Waals surface area contributed by atoms with Gasteiger partial charge in [-0.3, -0.25) is 9.05 Å². The fraction of sp³-hybridized carbons (Fsp3) is 0.400. The zero-order valence-corrected chi connectivity index (χ0v) is 11.9. The molecule has 0 heterocycles. The summed E-state index contributed by atoms with van der Waals surface area (Å²) in [6, 6.07) is 7.61. The fourth-order valence-corrected chi connectivity index (χ4v) is 4.52. The van der Waals surface area contributed by atoms with E-state index >= 15 is 0 Å². The van der Waals surface area contributed by atoms with E-state index < -0.39 is 17.8 Å². The minimum atomic E-state index is -3.93. The van der Waals surface area contributed by atoms with Gasteiger partial charge in [0, 0.05) is 0 Å². The summed E-state index contributed by atoms with van der Waals surface area (Å²) in [6.07, 6.45) is 0. The van der Waals surface area contributed by atoms with Crippen molar-refractivity contribution in [3.63, 3.8) is 0 Å². The van der Waals surface area contributed by atoms with Crippen LogP contribution in [0.5, 0.6) is 0 Å². The fourth-order valence-electron chi connectivity index (χ4n) is 1.23. The van der Waals surface area contributed by atoms with Crippen molar-refractivity contribution in [2.24, 2.45) is 0 Å². The second kappa shape index (κ2) is 6.45. The maximum Gasteiger partial charge on any atom is 0.419 e. The summed E-state index contributed by atoms with van der Waals surface area (Å²) in [7, 11) is -7.77. The predicted octanol–water partition coefficient (Wildman–Crippen LogP) is 2.15. The van der Waals surface area contributed by atoms with Crippen LogP contribution in [0.2, 0.25) is 0 Å². The lowest BCUT2D eigenvalue weighted by atomic mass is 10.4. The quantitative estimate of drug-likeness (QED) is 0.779. The second-order valence-electron chi connectivity index (χ2n) is 3.24. The smallest absolute Gasteiger partial charge is 0.296 e. The molecule has 18 heavy (non-hydrogen) atoms. The molecule has 0 radical (unpaired) electrons. The van der Waals surface area contributed by atoms with Crippen LogP contribution in [0.3, 0.4) is 0 Å². The predicted molar refractivity (Wildman–Crippen MR) is 67.6 cm³/mol. The number of hydrogen-bond donors (Lipinski definition) is 1.